The molecule has 0 amide bonds. The Labute approximate surface area is 137 Å². The van der Waals surface area contributed by atoms with Crippen LogP contribution in [-0.2, 0) is 4.79 Å². The second kappa shape index (κ2) is 6.10. The van der Waals surface area contributed by atoms with Crippen molar-refractivity contribution >= 4 is 39.2 Å². The molecule has 1 aliphatic rings. The second-order valence-electron chi connectivity index (χ2n) is 6.05. The van der Waals surface area contributed by atoms with E-state index in [4.69, 9.17) is 16.7 Å². The van der Waals surface area contributed by atoms with E-state index in [2.05, 4.69) is 39.7 Å². The zero-order valence-corrected chi connectivity index (χ0v) is 14.3. The third kappa shape index (κ3) is 3.49. The molecule has 1 aromatic rings. The van der Waals surface area contributed by atoms with Crippen molar-refractivity contribution in [2.75, 3.05) is 18.0 Å². The summed E-state index contributed by atoms with van der Waals surface area (Å²) < 4.78 is 0.641. The number of hydrogen-bond donors (Lipinski definition) is 2. The topological polar surface area (TPSA) is 73.7 Å². The predicted molar refractivity (Wildman–Crippen MR) is 84.8 cm³/mol. The number of carbonyl (C=O) groups is 1. The number of halogens is 2. The van der Waals surface area contributed by atoms with Gasteiger partial charge in [0.15, 0.2) is 6.10 Å². The van der Waals surface area contributed by atoms with Crippen LogP contribution in [0.4, 0.5) is 5.69 Å². The largest absolute Gasteiger partial charge is 0.479 e. The normalized spacial score (nSPS) is 19.4. The average Bonchev–Trinajstić information content (AvgIpc) is 2.41. The standard InChI is InChI=1S/C14H18BrClN2O3/c1-14(2)3-5-18(6-4-14)10-8(15)7-17-12(16)9(10)11(19)13(20)21/h7,11,19H,3-6H2,1-2H3,(H,20,21). The van der Waals surface area contributed by atoms with Gasteiger partial charge in [-0.15, -0.1) is 0 Å². The van der Waals surface area contributed by atoms with E-state index in [1.807, 2.05) is 0 Å². The first-order valence-electron chi connectivity index (χ1n) is 6.72. The molecule has 1 atom stereocenters. The second-order valence-corrected chi connectivity index (χ2v) is 7.26. The lowest BCUT2D eigenvalue weighted by Crippen LogP contribution is -2.38. The van der Waals surface area contributed by atoms with Crippen LogP contribution in [0.2, 0.25) is 5.15 Å². The number of nitrogens with zero attached hydrogens (tertiary/aromatic N) is 2. The first-order valence-corrected chi connectivity index (χ1v) is 7.90. The minimum Gasteiger partial charge on any atom is -0.479 e. The van der Waals surface area contributed by atoms with Crippen LogP contribution in [0.25, 0.3) is 0 Å². The molecule has 0 aromatic carbocycles. The number of piperidine rings is 1. The Morgan fingerprint density at radius 3 is 2.57 bits per heavy atom. The van der Waals surface area contributed by atoms with Gasteiger partial charge in [0.1, 0.15) is 5.15 Å². The van der Waals surface area contributed by atoms with Gasteiger partial charge in [-0.2, -0.15) is 0 Å². The molecule has 1 aliphatic heterocycles. The smallest absolute Gasteiger partial charge is 0.337 e. The Morgan fingerprint density at radius 2 is 2.05 bits per heavy atom. The van der Waals surface area contributed by atoms with E-state index in [0.29, 0.717) is 10.2 Å². The maximum absolute atomic E-state index is 11.1. The zero-order chi connectivity index (χ0) is 15.8. The van der Waals surface area contributed by atoms with Gasteiger partial charge < -0.3 is 15.1 Å². The highest BCUT2D eigenvalue weighted by Gasteiger charge is 2.32. The predicted octanol–water partition coefficient (Wildman–Crippen LogP) is 3.24. The number of aliphatic hydroxyl groups is 1. The van der Waals surface area contributed by atoms with Crippen molar-refractivity contribution in [3.8, 4) is 0 Å². The molecule has 5 nitrogen and oxygen atoms in total. The lowest BCUT2D eigenvalue weighted by atomic mass is 9.82. The molecule has 0 spiro atoms. The highest BCUT2D eigenvalue weighted by atomic mass is 79.9. The molecule has 0 radical (unpaired) electrons. The number of aromatic nitrogens is 1. The Morgan fingerprint density at radius 1 is 1.48 bits per heavy atom. The van der Waals surface area contributed by atoms with Crippen molar-refractivity contribution < 1.29 is 15.0 Å². The highest BCUT2D eigenvalue weighted by molar-refractivity contribution is 9.10. The average molecular weight is 378 g/mol. The van der Waals surface area contributed by atoms with Gasteiger partial charge in [0.05, 0.1) is 15.7 Å². The number of aliphatic carboxylic acids is 1. The SMILES string of the molecule is CC1(C)CCN(c2c(Br)cnc(Cl)c2C(O)C(=O)O)CC1. The van der Waals surface area contributed by atoms with E-state index < -0.39 is 12.1 Å². The summed E-state index contributed by atoms with van der Waals surface area (Å²) in [6.07, 6.45) is 1.83. The van der Waals surface area contributed by atoms with Gasteiger partial charge >= 0.3 is 5.97 Å². The Balaban J connectivity index is 2.43. The molecule has 0 bridgehead atoms. The van der Waals surface area contributed by atoms with Crippen molar-refractivity contribution in [3.63, 3.8) is 0 Å². The summed E-state index contributed by atoms with van der Waals surface area (Å²) in [5, 5.41) is 19.1. The first-order chi connectivity index (χ1) is 9.73. The third-order valence-corrected chi connectivity index (χ3v) is 4.82. The minimum absolute atomic E-state index is 0.0212. The van der Waals surface area contributed by atoms with Crippen LogP contribution in [0, 0.1) is 5.41 Å². The minimum atomic E-state index is -1.69. The van der Waals surface area contributed by atoms with E-state index in [0.717, 1.165) is 25.9 Å². The van der Waals surface area contributed by atoms with Gasteiger partial charge in [-0.05, 0) is 34.2 Å². The fraction of sp³-hybridized carbons (Fsp3) is 0.571. The summed E-state index contributed by atoms with van der Waals surface area (Å²) in [7, 11) is 0. The van der Waals surface area contributed by atoms with Crippen molar-refractivity contribution in [3.05, 3.63) is 21.4 Å². The summed E-state index contributed by atoms with van der Waals surface area (Å²) in [5.74, 6) is -1.34. The Bertz CT molecular complexity index is 555. The molecule has 1 aromatic heterocycles. The molecule has 1 unspecified atom stereocenters. The lowest BCUT2D eigenvalue weighted by Gasteiger charge is -2.39. The number of carboxylic acids is 1. The van der Waals surface area contributed by atoms with Gasteiger partial charge in [-0.3, -0.25) is 0 Å². The van der Waals surface area contributed by atoms with Crippen LogP contribution < -0.4 is 4.90 Å². The van der Waals surface area contributed by atoms with Crippen molar-refractivity contribution in [1.82, 2.24) is 4.98 Å². The van der Waals surface area contributed by atoms with E-state index in [-0.39, 0.29) is 16.1 Å². The van der Waals surface area contributed by atoms with Crippen LogP contribution in [0.3, 0.4) is 0 Å². The maximum atomic E-state index is 11.1. The molecular formula is C14H18BrClN2O3. The summed E-state index contributed by atoms with van der Waals surface area (Å²) >= 11 is 9.43. The van der Waals surface area contributed by atoms with Gasteiger partial charge in [0, 0.05) is 19.3 Å². The molecular weight excluding hydrogens is 360 g/mol. The summed E-state index contributed by atoms with van der Waals surface area (Å²) in [6, 6.07) is 0. The lowest BCUT2D eigenvalue weighted by molar-refractivity contribution is -0.146. The molecule has 21 heavy (non-hydrogen) atoms. The summed E-state index contributed by atoms with van der Waals surface area (Å²) in [5.41, 5.74) is 1.05. The monoisotopic (exact) mass is 376 g/mol. The Kier molecular flexibility index (Phi) is 4.80. The van der Waals surface area contributed by atoms with E-state index in [1.165, 1.54) is 6.20 Å². The molecule has 2 N–H and O–H groups in total. The molecule has 1 fully saturated rings. The highest BCUT2D eigenvalue weighted by Crippen LogP contribution is 2.41. The van der Waals surface area contributed by atoms with Crippen molar-refractivity contribution in [2.45, 2.75) is 32.8 Å². The molecule has 0 aliphatic carbocycles. The number of rotatable bonds is 3. The number of carboxylic acid groups (broad SMARTS) is 1. The van der Waals surface area contributed by atoms with E-state index in [9.17, 15) is 9.90 Å². The van der Waals surface area contributed by atoms with Crippen LogP contribution in [0.5, 0.6) is 0 Å². The van der Waals surface area contributed by atoms with Crippen LogP contribution in [-0.4, -0.2) is 34.3 Å². The van der Waals surface area contributed by atoms with Crippen molar-refractivity contribution in [2.24, 2.45) is 5.41 Å². The molecule has 116 valence electrons. The summed E-state index contributed by atoms with van der Waals surface area (Å²) in [6.45, 7) is 5.99. The molecule has 1 saturated heterocycles. The van der Waals surface area contributed by atoms with E-state index >= 15 is 0 Å². The zero-order valence-electron chi connectivity index (χ0n) is 11.9. The quantitative estimate of drug-likeness (QED) is 0.791. The summed E-state index contributed by atoms with van der Waals surface area (Å²) in [4.78, 5) is 17.1. The van der Waals surface area contributed by atoms with E-state index in [1.54, 1.807) is 0 Å². The van der Waals surface area contributed by atoms with Gasteiger partial charge in [-0.1, -0.05) is 25.4 Å². The third-order valence-electron chi connectivity index (χ3n) is 3.94. The van der Waals surface area contributed by atoms with Gasteiger partial charge in [-0.25, -0.2) is 9.78 Å². The fourth-order valence-corrected chi connectivity index (χ4v) is 3.30. The van der Waals surface area contributed by atoms with Crippen LogP contribution in [0.1, 0.15) is 38.4 Å². The number of hydrogen-bond acceptors (Lipinski definition) is 4. The molecule has 0 saturated carbocycles. The number of aliphatic hydroxyl groups excluding tert-OH is 1. The molecule has 7 heteroatoms. The van der Waals surface area contributed by atoms with Crippen molar-refractivity contribution in [1.29, 1.82) is 0 Å². The Hall–Kier alpha value is -0.850. The van der Waals surface area contributed by atoms with Crippen LogP contribution in [0.15, 0.2) is 10.7 Å². The molecule has 2 heterocycles. The molecule has 2 rings (SSSR count). The van der Waals surface area contributed by atoms with Gasteiger partial charge in [0.25, 0.3) is 0 Å². The first kappa shape index (κ1) is 16.5. The van der Waals surface area contributed by atoms with Crippen LogP contribution >= 0.6 is 27.5 Å². The fourth-order valence-electron chi connectivity index (χ4n) is 2.49. The maximum Gasteiger partial charge on any atom is 0.337 e. The number of anilines is 1. The number of pyridine rings is 1. The van der Waals surface area contributed by atoms with Gasteiger partial charge in [0.2, 0.25) is 0 Å².